The normalized spacial score (nSPS) is 14.4. The van der Waals surface area contributed by atoms with Crippen molar-refractivity contribution in [1.82, 2.24) is 4.98 Å². The zero-order valence-electron chi connectivity index (χ0n) is 13.9. The molecule has 1 N–H and O–H groups in total. The van der Waals surface area contributed by atoms with E-state index in [1.807, 2.05) is 49.4 Å². The van der Waals surface area contributed by atoms with Crippen molar-refractivity contribution in [3.05, 3.63) is 48.5 Å². The second kappa shape index (κ2) is 6.72. The van der Waals surface area contributed by atoms with Gasteiger partial charge in [0, 0.05) is 13.1 Å². The van der Waals surface area contributed by atoms with E-state index in [4.69, 9.17) is 4.74 Å². The highest BCUT2D eigenvalue weighted by Gasteiger charge is 2.34. The maximum atomic E-state index is 12.5. The lowest BCUT2D eigenvalue weighted by Gasteiger charge is -2.38. The minimum absolute atomic E-state index is 0.0262. The molecule has 6 heteroatoms. The van der Waals surface area contributed by atoms with Crippen molar-refractivity contribution in [2.45, 2.75) is 6.92 Å². The van der Waals surface area contributed by atoms with Gasteiger partial charge < -0.3 is 15.0 Å². The predicted molar refractivity (Wildman–Crippen MR) is 102 cm³/mol. The van der Waals surface area contributed by atoms with Gasteiger partial charge in [-0.05, 0) is 31.2 Å². The average molecular weight is 353 g/mol. The fourth-order valence-electron chi connectivity index (χ4n) is 2.88. The zero-order chi connectivity index (χ0) is 17.2. The van der Waals surface area contributed by atoms with E-state index in [1.165, 1.54) is 4.70 Å². The number of hydrogen-bond donors (Lipinski definition) is 1. The van der Waals surface area contributed by atoms with E-state index in [9.17, 15) is 4.79 Å². The molecule has 1 fully saturated rings. The van der Waals surface area contributed by atoms with Crippen LogP contribution >= 0.6 is 11.3 Å². The van der Waals surface area contributed by atoms with Crippen LogP contribution in [0.1, 0.15) is 6.92 Å². The minimum atomic E-state index is -0.0262. The fourth-order valence-corrected chi connectivity index (χ4v) is 3.87. The van der Waals surface area contributed by atoms with Gasteiger partial charge in [0.2, 0.25) is 5.91 Å². The lowest BCUT2D eigenvalue weighted by Crippen LogP contribution is -2.52. The van der Waals surface area contributed by atoms with Gasteiger partial charge in [-0.1, -0.05) is 35.6 Å². The summed E-state index contributed by atoms with van der Waals surface area (Å²) in [5, 5.41) is 3.97. The lowest BCUT2D eigenvalue weighted by atomic mass is 10.00. The second-order valence-corrected chi connectivity index (χ2v) is 6.99. The Labute approximate surface area is 150 Å². The minimum Gasteiger partial charge on any atom is -0.492 e. The van der Waals surface area contributed by atoms with Gasteiger partial charge in [-0.3, -0.25) is 4.79 Å². The van der Waals surface area contributed by atoms with E-state index in [1.54, 1.807) is 11.3 Å². The van der Waals surface area contributed by atoms with Crippen LogP contribution in [0.15, 0.2) is 48.5 Å². The summed E-state index contributed by atoms with van der Waals surface area (Å²) in [6.45, 7) is 3.90. The molecule has 128 valence electrons. The van der Waals surface area contributed by atoms with E-state index < -0.39 is 0 Å². The number of anilines is 2. The summed E-state index contributed by atoms with van der Waals surface area (Å²) in [4.78, 5) is 19.3. The average Bonchev–Trinajstić information content (AvgIpc) is 2.99. The topological polar surface area (TPSA) is 54.5 Å². The number of para-hydroxylation sites is 3. The molecule has 2 aromatic carbocycles. The van der Waals surface area contributed by atoms with Crippen LogP contribution < -0.4 is 15.0 Å². The number of ether oxygens (including phenoxy) is 1. The standard InChI is InChI=1S/C19H19N3O2S/c1-2-24-16-9-5-3-7-14(16)20-18(23)13-11-22(12-13)19-21-15-8-4-6-10-17(15)25-19/h3-10,13H,2,11-12H2,1H3,(H,20,23). The van der Waals surface area contributed by atoms with Crippen LogP contribution in [0, 0.1) is 5.92 Å². The van der Waals surface area contributed by atoms with Crippen LogP contribution in [-0.4, -0.2) is 30.6 Å². The summed E-state index contributed by atoms with van der Waals surface area (Å²) >= 11 is 1.67. The molecule has 2 heterocycles. The summed E-state index contributed by atoms with van der Waals surface area (Å²) < 4.78 is 6.74. The molecule has 0 bridgehead atoms. The summed E-state index contributed by atoms with van der Waals surface area (Å²) in [5.74, 6) is 0.715. The number of aromatic nitrogens is 1. The monoisotopic (exact) mass is 353 g/mol. The molecule has 0 atom stereocenters. The first-order valence-electron chi connectivity index (χ1n) is 8.38. The molecule has 0 aliphatic carbocycles. The molecule has 4 rings (SSSR count). The zero-order valence-corrected chi connectivity index (χ0v) is 14.8. The number of rotatable bonds is 5. The molecule has 0 radical (unpaired) electrons. The number of carbonyl (C=O) groups is 1. The number of amides is 1. The molecule has 1 aromatic heterocycles. The Morgan fingerprint density at radius 1 is 1.24 bits per heavy atom. The van der Waals surface area contributed by atoms with Gasteiger partial charge >= 0.3 is 0 Å². The number of thiazole rings is 1. The van der Waals surface area contributed by atoms with Gasteiger partial charge in [0.15, 0.2) is 5.13 Å². The molecular formula is C19H19N3O2S. The number of benzene rings is 2. The van der Waals surface area contributed by atoms with Crippen LogP contribution in [0.2, 0.25) is 0 Å². The van der Waals surface area contributed by atoms with E-state index in [0.717, 1.165) is 16.3 Å². The van der Waals surface area contributed by atoms with Crippen LogP contribution in [0.25, 0.3) is 10.2 Å². The van der Waals surface area contributed by atoms with Gasteiger partial charge in [-0.25, -0.2) is 4.98 Å². The van der Waals surface area contributed by atoms with Gasteiger partial charge in [-0.15, -0.1) is 0 Å². The fraction of sp³-hybridized carbons (Fsp3) is 0.263. The smallest absolute Gasteiger partial charge is 0.231 e. The molecular weight excluding hydrogens is 334 g/mol. The Balaban J connectivity index is 1.39. The van der Waals surface area contributed by atoms with Crippen molar-refractivity contribution < 1.29 is 9.53 Å². The van der Waals surface area contributed by atoms with Crippen LogP contribution in [0.5, 0.6) is 5.75 Å². The number of nitrogens with zero attached hydrogens (tertiary/aromatic N) is 2. The number of fused-ring (bicyclic) bond motifs is 1. The van der Waals surface area contributed by atoms with Crippen LogP contribution in [0.4, 0.5) is 10.8 Å². The molecule has 1 aliphatic rings. The summed E-state index contributed by atoms with van der Waals surface area (Å²) in [7, 11) is 0. The van der Waals surface area contributed by atoms with Crippen molar-refractivity contribution in [2.24, 2.45) is 5.92 Å². The lowest BCUT2D eigenvalue weighted by molar-refractivity contribution is -0.120. The molecule has 1 saturated heterocycles. The summed E-state index contributed by atoms with van der Waals surface area (Å²) in [6.07, 6.45) is 0. The van der Waals surface area contributed by atoms with Crippen molar-refractivity contribution in [1.29, 1.82) is 0 Å². The Bertz CT molecular complexity index is 869. The summed E-state index contributed by atoms with van der Waals surface area (Å²) in [6, 6.07) is 15.6. The van der Waals surface area contributed by atoms with E-state index in [-0.39, 0.29) is 11.8 Å². The number of hydrogen-bond acceptors (Lipinski definition) is 5. The number of nitrogens with one attached hydrogen (secondary N) is 1. The third kappa shape index (κ3) is 3.17. The predicted octanol–water partition coefficient (Wildman–Crippen LogP) is 3.77. The van der Waals surface area contributed by atoms with Crippen molar-refractivity contribution in [2.75, 3.05) is 29.9 Å². The van der Waals surface area contributed by atoms with Crippen molar-refractivity contribution >= 4 is 38.3 Å². The van der Waals surface area contributed by atoms with E-state index >= 15 is 0 Å². The first-order valence-corrected chi connectivity index (χ1v) is 9.19. The Hall–Kier alpha value is -2.60. The highest BCUT2D eigenvalue weighted by Crippen LogP contribution is 2.33. The van der Waals surface area contributed by atoms with Crippen molar-refractivity contribution in [3.8, 4) is 5.75 Å². The van der Waals surface area contributed by atoms with Gasteiger partial charge in [0.25, 0.3) is 0 Å². The molecule has 1 amide bonds. The SMILES string of the molecule is CCOc1ccccc1NC(=O)C1CN(c2nc3ccccc3s2)C1. The Kier molecular flexibility index (Phi) is 4.28. The highest BCUT2D eigenvalue weighted by atomic mass is 32.1. The van der Waals surface area contributed by atoms with Gasteiger partial charge in [-0.2, -0.15) is 0 Å². The molecule has 0 spiro atoms. The first kappa shape index (κ1) is 15.9. The Morgan fingerprint density at radius 2 is 2.00 bits per heavy atom. The van der Waals surface area contributed by atoms with Gasteiger partial charge in [0.05, 0.1) is 28.4 Å². The third-order valence-corrected chi connectivity index (χ3v) is 5.35. The molecule has 5 nitrogen and oxygen atoms in total. The van der Waals surface area contributed by atoms with Crippen molar-refractivity contribution in [3.63, 3.8) is 0 Å². The Morgan fingerprint density at radius 3 is 2.80 bits per heavy atom. The molecule has 0 unspecified atom stereocenters. The van der Waals surface area contributed by atoms with Crippen LogP contribution in [-0.2, 0) is 4.79 Å². The number of carbonyl (C=O) groups excluding carboxylic acids is 1. The summed E-state index contributed by atoms with van der Waals surface area (Å²) in [5.41, 5.74) is 1.74. The maximum Gasteiger partial charge on any atom is 0.231 e. The quantitative estimate of drug-likeness (QED) is 0.759. The van der Waals surface area contributed by atoms with Crippen LogP contribution in [0.3, 0.4) is 0 Å². The highest BCUT2D eigenvalue weighted by molar-refractivity contribution is 7.22. The van der Waals surface area contributed by atoms with Gasteiger partial charge in [0.1, 0.15) is 5.75 Å². The van der Waals surface area contributed by atoms with E-state index in [0.29, 0.717) is 25.4 Å². The largest absolute Gasteiger partial charge is 0.492 e. The molecule has 0 saturated carbocycles. The molecule has 1 aliphatic heterocycles. The maximum absolute atomic E-state index is 12.5. The van der Waals surface area contributed by atoms with E-state index in [2.05, 4.69) is 21.3 Å². The molecule has 3 aromatic rings. The first-order chi connectivity index (χ1) is 12.2. The third-order valence-electron chi connectivity index (χ3n) is 4.25. The molecule has 25 heavy (non-hydrogen) atoms. The second-order valence-electron chi connectivity index (χ2n) is 5.98.